The molecule has 0 atom stereocenters. The lowest BCUT2D eigenvalue weighted by molar-refractivity contribution is 0.0993. The van der Waals surface area contributed by atoms with E-state index in [4.69, 9.17) is 22.4 Å². The molecule has 1 aliphatic rings. The number of thiocarbonyl (C=S) groups is 1. The Morgan fingerprint density at radius 1 is 1.42 bits per heavy atom. The van der Waals surface area contributed by atoms with Gasteiger partial charge in [-0.3, -0.25) is 15.2 Å². The van der Waals surface area contributed by atoms with E-state index in [1.54, 1.807) is 24.5 Å². The topological polar surface area (TPSA) is 106 Å². The van der Waals surface area contributed by atoms with Crippen LogP contribution in [0.2, 0.25) is 0 Å². The minimum Gasteiger partial charge on any atom is -0.455 e. The van der Waals surface area contributed by atoms with Gasteiger partial charge in [0.1, 0.15) is 5.76 Å². The number of pyridine rings is 1. The second-order valence-electron chi connectivity index (χ2n) is 7.10. The Labute approximate surface area is 157 Å². The third-order valence-electron chi connectivity index (χ3n) is 4.22. The van der Waals surface area contributed by atoms with Crippen molar-refractivity contribution in [2.24, 2.45) is 16.3 Å². The number of hydrogen-bond acceptors (Lipinski definition) is 5. The summed E-state index contributed by atoms with van der Waals surface area (Å²) in [6.07, 6.45) is 4.67. The summed E-state index contributed by atoms with van der Waals surface area (Å²) in [7, 11) is 0. The number of carbonyl (C=O) groups is 1. The van der Waals surface area contributed by atoms with Gasteiger partial charge >= 0.3 is 0 Å². The zero-order chi connectivity index (χ0) is 18.9. The predicted molar refractivity (Wildman–Crippen MR) is 104 cm³/mol. The number of rotatable bonds is 3. The van der Waals surface area contributed by atoms with E-state index in [0.29, 0.717) is 5.69 Å². The number of aromatic nitrogens is 1. The van der Waals surface area contributed by atoms with E-state index in [-0.39, 0.29) is 22.2 Å². The van der Waals surface area contributed by atoms with Crippen LogP contribution in [0.3, 0.4) is 0 Å². The van der Waals surface area contributed by atoms with Crippen molar-refractivity contribution in [3.63, 3.8) is 0 Å². The second-order valence-corrected chi connectivity index (χ2v) is 7.54. The van der Waals surface area contributed by atoms with Crippen molar-refractivity contribution in [2.75, 3.05) is 5.32 Å². The Morgan fingerprint density at radius 3 is 2.85 bits per heavy atom. The summed E-state index contributed by atoms with van der Waals surface area (Å²) in [5, 5.41) is 7.23. The standard InChI is InChI=1S/C18H21N5O2S/c1-10-14-12(22-23-17(19)26)7-18(2,3)8-13(14)25-15(10)16(24)21-11-5-4-6-20-9-11/h4-6,9H,7-8H2,1-3H3,(H,21,24)(H3,19,23,26)/b22-12-. The van der Waals surface area contributed by atoms with Gasteiger partial charge in [-0.25, -0.2) is 0 Å². The van der Waals surface area contributed by atoms with Gasteiger partial charge in [-0.05, 0) is 43.1 Å². The molecule has 0 radical (unpaired) electrons. The molecule has 136 valence electrons. The Hall–Kier alpha value is -2.74. The first kappa shape index (κ1) is 18.1. The number of nitrogens with zero attached hydrogens (tertiary/aromatic N) is 2. The maximum atomic E-state index is 12.7. The first-order chi connectivity index (χ1) is 12.3. The molecule has 0 bridgehead atoms. The highest BCUT2D eigenvalue weighted by atomic mass is 32.1. The average molecular weight is 371 g/mol. The van der Waals surface area contributed by atoms with Gasteiger partial charge in [-0.15, -0.1) is 0 Å². The summed E-state index contributed by atoms with van der Waals surface area (Å²) in [5.41, 5.74) is 11.1. The molecular weight excluding hydrogens is 350 g/mol. The lowest BCUT2D eigenvalue weighted by Gasteiger charge is -2.29. The monoisotopic (exact) mass is 371 g/mol. The van der Waals surface area contributed by atoms with Crippen LogP contribution in [0.25, 0.3) is 0 Å². The number of nitrogens with one attached hydrogen (secondary N) is 2. The molecule has 0 aromatic carbocycles. The molecule has 0 spiro atoms. The highest BCUT2D eigenvalue weighted by molar-refractivity contribution is 7.80. The zero-order valence-corrected chi connectivity index (χ0v) is 15.7. The third-order valence-corrected chi connectivity index (χ3v) is 4.31. The summed E-state index contributed by atoms with van der Waals surface area (Å²) in [4.78, 5) is 16.7. The highest BCUT2D eigenvalue weighted by Crippen LogP contribution is 2.38. The Balaban J connectivity index is 1.97. The first-order valence-electron chi connectivity index (χ1n) is 8.23. The first-order valence-corrected chi connectivity index (χ1v) is 8.64. The van der Waals surface area contributed by atoms with Gasteiger partial charge in [-0.2, -0.15) is 5.10 Å². The third kappa shape index (κ3) is 3.75. The molecule has 26 heavy (non-hydrogen) atoms. The summed E-state index contributed by atoms with van der Waals surface area (Å²) in [5.74, 6) is 0.711. The van der Waals surface area contributed by atoms with Crippen molar-refractivity contribution in [2.45, 2.75) is 33.6 Å². The van der Waals surface area contributed by atoms with Crippen LogP contribution in [-0.4, -0.2) is 21.7 Å². The van der Waals surface area contributed by atoms with Crippen molar-refractivity contribution < 1.29 is 9.21 Å². The molecule has 1 aliphatic carbocycles. The van der Waals surface area contributed by atoms with Crippen LogP contribution >= 0.6 is 12.2 Å². The van der Waals surface area contributed by atoms with E-state index in [2.05, 4.69) is 34.7 Å². The second kappa shape index (κ2) is 6.87. The molecule has 2 aromatic heterocycles. The lowest BCUT2D eigenvalue weighted by Crippen LogP contribution is -2.31. The van der Waals surface area contributed by atoms with Gasteiger partial charge in [0.25, 0.3) is 5.91 Å². The summed E-state index contributed by atoms with van der Waals surface area (Å²) in [6.45, 7) is 6.11. The summed E-state index contributed by atoms with van der Waals surface area (Å²) >= 11 is 4.84. The molecule has 7 nitrogen and oxygen atoms in total. The minimum atomic E-state index is -0.315. The Morgan fingerprint density at radius 2 is 2.19 bits per heavy atom. The molecule has 2 heterocycles. The van der Waals surface area contributed by atoms with Gasteiger partial charge in [-0.1, -0.05) is 13.8 Å². The number of amides is 1. The molecule has 3 rings (SSSR count). The minimum absolute atomic E-state index is 0.0505. The van der Waals surface area contributed by atoms with Crippen molar-refractivity contribution in [1.82, 2.24) is 10.4 Å². The van der Waals surface area contributed by atoms with Gasteiger partial charge in [0.15, 0.2) is 10.9 Å². The van der Waals surface area contributed by atoms with E-state index in [1.165, 1.54) is 0 Å². The molecule has 0 fully saturated rings. The fourth-order valence-corrected chi connectivity index (χ4v) is 3.22. The zero-order valence-electron chi connectivity index (χ0n) is 14.9. The van der Waals surface area contributed by atoms with Crippen LogP contribution in [0.15, 0.2) is 34.0 Å². The quantitative estimate of drug-likeness (QED) is 0.566. The van der Waals surface area contributed by atoms with Crippen molar-refractivity contribution in [3.05, 3.63) is 47.2 Å². The molecule has 8 heteroatoms. The fourth-order valence-electron chi connectivity index (χ4n) is 3.17. The molecule has 0 unspecified atom stereocenters. The Bertz CT molecular complexity index is 886. The molecule has 0 aliphatic heterocycles. The smallest absolute Gasteiger partial charge is 0.291 e. The number of hydrazone groups is 1. The van der Waals surface area contributed by atoms with Crippen LogP contribution in [0, 0.1) is 12.3 Å². The number of anilines is 1. The van der Waals surface area contributed by atoms with E-state index >= 15 is 0 Å². The van der Waals surface area contributed by atoms with E-state index in [9.17, 15) is 4.79 Å². The number of hydrogen-bond donors (Lipinski definition) is 3. The normalized spacial score (nSPS) is 16.8. The van der Waals surface area contributed by atoms with E-state index in [1.807, 2.05) is 6.92 Å². The molecule has 2 aromatic rings. The predicted octanol–water partition coefficient (Wildman–Crippen LogP) is 2.75. The largest absolute Gasteiger partial charge is 0.455 e. The summed E-state index contributed by atoms with van der Waals surface area (Å²) in [6, 6.07) is 3.52. The van der Waals surface area contributed by atoms with Crippen molar-refractivity contribution in [1.29, 1.82) is 0 Å². The maximum absolute atomic E-state index is 12.7. The van der Waals surface area contributed by atoms with Crippen LogP contribution in [0.4, 0.5) is 5.69 Å². The van der Waals surface area contributed by atoms with E-state index < -0.39 is 0 Å². The van der Waals surface area contributed by atoms with Crippen molar-refractivity contribution in [3.8, 4) is 0 Å². The van der Waals surface area contributed by atoms with Gasteiger partial charge in [0.2, 0.25) is 0 Å². The van der Waals surface area contributed by atoms with Crippen molar-refractivity contribution >= 4 is 34.6 Å². The Kier molecular flexibility index (Phi) is 4.78. The number of carbonyl (C=O) groups excluding carboxylic acids is 1. The maximum Gasteiger partial charge on any atom is 0.291 e. The number of fused-ring (bicyclic) bond motifs is 1. The lowest BCUT2D eigenvalue weighted by atomic mass is 9.75. The van der Waals surface area contributed by atoms with Gasteiger partial charge < -0.3 is 15.5 Å². The van der Waals surface area contributed by atoms with Crippen LogP contribution in [-0.2, 0) is 6.42 Å². The number of furan rings is 1. The highest BCUT2D eigenvalue weighted by Gasteiger charge is 2.36. The molecule has 0 saturated heterocycles. The van der Waals surface area contributed by atoms with Crippen LogP contribution in [0.1, 0.15) is 47.7 Å². The van der Waals surface area contributed by atoms with E-state index in [0.717, 1.165) is 35.4 Å². The molecular formula is C18H21N5O2S. The fraction of sp³-hybridized carbons (Fsp3) is 0.333. The van der Waals surface area contributed by atoms with Crippen LogP contribution in [0.5, 0.6) is 0 Å². The number of nitrogens with two attached hydrogens (primary N) is 1. The van der Waals surface area contributed by atoms with Crippen LogP contribution < -0.4 is 16.5 Å². The molecule has 4 N–H and O–H groups in total. The molecule has 0 saturated carbocycles. The summed E-state index contributed by atoms with van der Waals surface area (Å²) < 4.78 is 5.94. The average Bonchev–Trinajstić information content (AvgIpc) is 2.89. The van der Waals surface area contributed by atoms with Gasteiger partial charge in [0, 0.05) is 23.7 Å². The van der Waals surface area contributed by atoms with Gasteiger partial charge in [0.05, 0.1) is 17.6 Å². The molecule has 1 amide bonds. The SMILES string of the molecule is Cc1c(C(=O)Nc2cccnc2)oc2c1/C(=N\NC(N)=S)CC(C)(C)C2.